The first kappa shape index (κ1) is 21.0. The molecule has 164 valence electrons. The molecule has 0 amide bonds. The molecule has 32 heavy (non-hydrogen) atoms. The molecule has 0 bridgehead atoms. The average molecular weight is 426 g/mol. The van der Waals surface area contributed by atoms with Gasteiger partial charge in [0.2, 0.25) is 0 Å². The number of hydrogen-bond acceptors (Lipinski definition) is 3. The van der Waals surface area contributed by atoms with Gasteiger partial charge in [-0.3, -0.25) is 4.90 Å². The van der Waals surface area contributed by atoms with Gasteiger partial charge in [0.15, 0.2) is 0 Å². The van der Waals surface area contributed by atoms with Crippen molar-refractivity contribution in [2.75, 3.05) is 13.1 Å². The Morgan fingerprint density at radius 1 is 1.00 bits per heavy atom. The zero-order valence-corrected chi connectivity index (χ0v) is 19.0. The van der Waals surface area contributed by atoms with Crippen molar-refractivity contribution >= 4 is 6.29 Å². The second kappa shape index (κ2) is 8.55. The Bertz CT molecular complexity index is 1080. The lowest BCUT2D eigenvalue weighted by Gasteiger charge is -2.25. The summed E-state index contributed by atoms with van der Waals surface area (Å²) in [5, 5.41) is 0. The fourth-order valence-corrected chi connectivity index (χ4v) is 5.43. The molecule has 3 heteroatoms. The standard InChI is InChI=1S/C29H31NO2/c1-21-12-13-25(16-28(21)32-26-14-23-10-6-7-11-24(23)15-26)27-18-30(19-29(27,2)20-31)17-22-8-4-3-5-9-22/h3-13,16,20,26-27H,14-15,17-19H2,1-2H3. The minimum atomic E-state index is -0.398. The van der Waals surface area contributed by atoms with Crippen LogP contribution in [0.4, 0.5) is 0 Å². The fourth-order valence-electron chi connectivity index (χ4n) is 5.43. The van der Waals surface area contributed by atoms with Crippen molar-refractivity contribution in [3.8, 4) is 5.75 Å². The van der Waals surface area contributed by atoms with E-state index in [4.69, 9.17) is 4.74 Å². The maximum atomic E-state index is 12.2. The number of nitrogens with zero attached hydrogens (tertiary/aromatic N) is 1. The van der Waals surface area contributed by atoms with E-state index in [9.17, 15) is 4.79 Å². The van der Waals surface area contributed by atoms with E-state index >= 15 is 0 Å². The molecular formula is C29H31NO2. The molecule has 3 nitrogen and oxygen atoms in total. The van der Waals surface area contributed by atoms with Gasteiger partial charge in [-0.05, 0) is 40.8 Å². The van der Waals surface area contributed by atoms with Crippen LogP contribution in [0.3, 0.4) is 0 Å². The van der Waals surface area contributed by atoms with E-state index in [0.717, 1.165) is 50.1 Å². The Kier molecular flexibility index (Phi) is 5.60. The Balaban J connectivity index is 1.35. The van der Waals surface area contributed by atoms with Crippen LogP contribution in [0.2, 0.25) is 0 Å². The summed E-state index contributed by atoms with van der Waals surface area (Å²) in [5.74, 6) is 1.11. The number of aldehydes is 1. The molecule has 3 aromatic carbocycles. The highest BCUT2D eigenvalue weighted by Crippen LogP contribution is 2.43. The van der Waals surface area contributed by atoms with Crippen LogP contribution in [0, 0.1) is 12.3 Å². The first-order chi connectivity index (χ1) is 15.5. The molecule has 1 saturated heterocycles. The number of carbonyl (C=O) groups is 1. The third-order valence-corrected chi connectivity index (χ3v) is 7.24. The summed E-state index contributed by atoms with van der Waals surface area (Å²) >= 11 is 0. The highest BCUT2D eigenvalue weighted by molar-refractivity contribution is 5.63. The van der Waals surface area contributed by atoms with Gasteiger partial charge in [0.05, 0.1) is 0 Å². The molecule has 1 aliphatic carbocycles. The zero-order valence-electron chi connectivity index (χ0n) is 19.0. The maximum absolute atomic E-state index is 12.2. The van der Waals surface area contributed by atoms with Crippen molar-refractivity contribution in [1.29, 1.82) is 0 Å². The first-order valence-corrected chi connectivity index (χ1v) is 11.6. The molecule has 0 N–H and O–H groups in total. The van der Waals surface area contributed by atoms with Crippen LogP contribution in [-0.4, -0.2) is 30.4 Å². The van der Waals surface area contributed by atoms with Gasteiger partial charge in [-0.2, -0.15) is 0 Å². The Labute approximate surface area is 191 Å². The van der Waals surface area contributed by atoms with Gasteiger partial charge >= 0.3 is 0 Å². The summed E-state index contributed by atoms with van der Waals surface area (Å²) in [6.45, 7) is 6.73. The van der Waals surface area contributed by atoms with E-state index in [1.807, 2.05) is 6.07 Å². The lowest BCUT2D eigenvalue weighted by atomic mass is 9.77. The number of likely N-dealkylation sites (tertiary alicyclic amines) is 1. The molecule has 2 aliphatic rings. The van der Waals surface area contributed by atoms with Gasteiger partial charge in [-0.15, -0.1) is 0 Å². The summed E-state index contributed by atoms with van der Waals surface area (Å²) in [6.07, 6.45) is 3.26. The van der Waals surface area contributed by atoms with Crippen LogP contribution in [0.25, 0.3) is 0 Å². The molecule has 3 aromatic rings. The van der Waals surface area contributed by atoms with Gasteiger partial charge in [0, 0.05) is 43.8 Å². The van der Waals surface area contributed by atoms with E-state index in [1.165, 1.54) is 22.3 Å². The van der Waals surface area contributed by atoms with Gasteiger partial charge < -0.3 is 9.53 Å². The zero-order chi connectivity index (χ0) is 22.1. The second-order valence-corrected chi connectivity index (χ2v) is 9.77. The molecular weight excluding hydrogens is 394 g/mol. The summed E-state index contributed by atoms with van der Waals surface area (Å²) in [7, 11) is 0. The number of carbonyl (C=O) groups excluding carboxylic acids is 1. The molecule has 1 aliphatic heterocycles. The number of rotatable bonds is 6. The van der Waals surface area contributed by atoms with Crippen LogP contribution in [0.1, 0.15) is 40.7 Å². The van der Waals surface area contributed by atoms with Crippen LogP contribution >= 0.6 is 0 Å². The van der Waals surface area contributed by atoms with Gasteiger partial charge in [0.1, 0.15) is 18.1 Å². The number of ether oxygens (including phenoxy) is 1. The third-order valence-electron chi connectivity index (χ3n) is 7.24. The van der Waals surface area contributed by atoms with Crippen molar-refractivity contribution in [2.45, 2.75) is 45.3 Å². The van der Waals surface area contributed by atoms with Crippen molar-refractivity contribution in [3.05, 3.63) is 101 Å². The first-order valence-electron chi connectivity index (χ1n) is 11.6. The van der Waals surface area contributed by atoms with E-state index in [1.54, 1.807) is 0 Å². The highest BCUT2D eigenvalue weighted by atomic mass is 16.5. The van der Waals surface area contributed by atoms with E-state index in [0.29, 0.717) is 0 Å². The van der Waals surface area contributed by atoms with Crippen molar-refractivity contribution in [3.63, 3.8) is 0 Å². The molecule has 0 saturated carbocycles. The maximum Gasteiger partial charge on any atom is 0.127 e. The summed E-state index contributed by atoms with van der Waals surface area (Å²) < 4.78 is 6.51. The highest BCUT2D eigenvalue weighted by Gasteiger charge is 2.43. The lowest BCUT2D eigenvalue weighted by molar-refractivity contribution is -0.115. The third kappa shape index (κ3) is 4.10. The van der Waals surface area contributed by atoms with Crippen molar-refractivity contribution < 1.29 is 9.53 Å². The van der Waals surface area contributed by atoms with Crippen LogP contribution in [0.5, 0.6) is 5.75 Å². The van der Waals surface area contributed by atoms with Gasteiger partial charge in [-0.25, -0.2) is 0 Å². The number of fused-ring (bicyclic) bond motifs is 1. The molecule has 2 atom stereocenters. The predicted molar refractivity (Wildman–Crippen MR) is 128 cm³/mol. The number of hydrogen-bond donors (Lipinski definition) is 0. The Hall–Kier alpha value is -2.91. The number of aryl methyl sites for hydroxylation is 1. The molecule has 0 spiro atoms. The summed E-state index contributed by atoms with van der Waals surface area (Å²) in [6, 6.07) is 25.7. The lowest BCUT2D eigenvalue weighted by Crippen LogP contribution is -2.28. The van der Waals surface area contributed by atoms with E-state index < -0.39 is 5.41 Å². The molecule has 0 radical (unpaired) electrons. The molecule has 2 unspecified atom stereocenters. The SMILES string of the molecule is Cc1ccc(C2CN(Cc3ccccc3)CC2(C)C=O)cc1OC1Cc2ccccc2C1. The fraction of sp³-hybridized carbons (Fsp3) is 0.345. The average Bonchev–Trinajstić information content (AvgIpc) is 3.36. The second-order valence-electron chi connectivity index (χ2n) is 9.77. The van der Waals surface area contributed by atoms with E-state index in [-0.39, 0.29) is 12.0 Å². The van der Waals surface area contributed by atoms with E-state index in [2.05, 4.69) is 85.5 Å². The minimum Gasteiger partial charge on any atom is -0.489 e. The largest absolute Gasteiger partial charge is 0.489 e. The van der Waals surface area contributed by atoms with Crippen molar-refractivity contribution in [2.24, 2.45) is 5.41 Å². The smallest absolute Gasteiger partial charge is 0.127 e. The predicted octanol–water partition coefficient (Wildman–Crippen LogP) is 5.35. The monoisotopic (exact) mass is 425 g/mol. The molecule has 5 rings (SSSR count). The van der Waals surface area contributed by atoms with Crippen LogP contribution in [0.15, 0.2) is 72.8 Å². The van der Waals surface area contributed by atoms with Crippen LogP contribution in [-0.2, 0) is 24.2 Å². The Morgan fingerprint density at radius 2 is 1.69 bits per heavy atom. The quantitative estimate of drug-likeness (QED) is 0.499. The minimum absolute atomic E-state index is 0.160. The number of benzene rings is 3. The van der Waals surface area contributed by atoms with Gasteiger partial charge in [-0.1, -0.05) is 73.7 Å². The normalized spacial score (nSPS) is 23.2. The summed E-state index contributed by atoms with van der Waals surface area (Å²) in [4.78, 5) is 14.6. The topological polar surface area (TPSA) is 29.5 Å². The molecule has 1 heterocycles. The van der Waals surface area contributed by atoms with Crippen molar-refractivity contribution in [1.82, 2.24) is 4.90 Å². The summed E-state index contributed by atoms with van der Waals surface area (Å²) in [5.41, 5.74) is 6.03. The Morgan fingerprint density at radius 3 is 2.38 bits per heavy atom. The molecule has 1 fully saturated rings. The van der Waals surface area contributed by atoms with Gasteiger partial charge in [0.25, 0.3) is 0 Å². The van der Waals surface area contributed by atoms with Crippen LogP contribution < -0.4 is 4.74 Å². The molecule has 0 aromatic heterocycles.